The Morgan fingerprint density at radius 2 is 1.94 bits per heavy atom. The Hall–Kier alpha value is -0.920. The van der Waals surface area contributed by atoms with Crippen LogP contribution in [0.5, 0.6) is 0 Å². The van der Waals surface area contributed by atoms with E-state index >= 15 is 0 Å². The van der Waals surface area contributed by atoms with Gasteiger partial charge in [0.25, 0.3) is 6.43 Å². The molecule has 0 fully saturated rings. The molecule has 90 valence electrons. The van der Waals surface area contributed by atoms with Crippen LogP contribution in [0.3, 0.4) is 0 Å². The molecule has 0 aromatic carbocycles. The van der Waals surface area contributed by atoms with Gasteiger partial charge in [-0.25, -0.2) is 13.8 Å². The molecule has 0 saturated heterocycles. The van der Waals surface area contributed by atoms with E-state index in [0.717, 1.165) is 0 Å². The molecule has 1 heterocycles. The SMILES string of the molecule is Nc1nc(C(F)(F)F)cc(CBr)c1C(F)F. The van der Waals surface area contributed by atoms with E-state index in [-0.39, 0.29) is 10.9 Å². The second-order valence-electron chi connectivity index (χ2n) is 2.90. The van der Waals surface area contributed by atoms with Gasteiger partial charge in [-0.3, -0.25) is 0 Å². The number of hydrogen-bond acceptors (Lipinski definition) is 2. The monoisotopic (exact) mass is 304 g/mol. The molecule has 1 aromatic heterocycles. The molecule has 8 heteroatoms. The van der Waals surface area contributed by atoms with Crippen LogP contribution in [-0.4, -0.2) is 4.98 Å². The van der Waals surface area contributed by atoms with Crippen molar-refractivity contribution in [3.05, 3.63) is 22.9 Å². The summed E-state index contributed by atoms with van der Waals surface area (Å²) >= 11 is 2.83. The van der Waals surface area contributed by atoms with Gasteiger partial charge in [0.15, 0.2) is 0 Å². The minimum absolute atomic E-state index is 0.150. The van der Waals surface area contributed by atoms with E-state index in [1.807, 2.05) is 0 Å². The first-order chi connectivity index (χ1) is 7.27. The molecule has 2 N–H and O–H groups in total. The molecule has 0 saturated carbocycles. The van der Waals surface area contributed by atoms with Gasteiger partial charge in [0.05, 0.1) is 5.56 Å². The molecule has 1 aromatic rings. The highest BCUT2D eigenvalue weighted by Gasteiger charge is 2.34. The van der Waals surface area contributed by atoms with E-state index in [1.165, 1.54) is 0 Å². The van der Waals surface area contributed by atoms with Gasteiger partial charge in [-0.15, -0.1) is 0 Å². The lowest BCUT2D eigenvalue weighted by molar-refractivity contribution is -0.141. The molecule has 0 radical (unpaired) electrons. The number of hydrogen-bond donors (Lipinski definition) is 1. The molecular formula is C8H6BrF5N2. The van der Waals surface area contributed by atoms with Crippen molar-refractivity contribution >= 4 is 21.7 Å². The van der Waals surface area contributed by atoms with Crippen molar-refractivity contribution in [1.29, 1.82) is 0 Å². The third-order valence-electron chi connectivity index (χ3n) is 1.83. The van der Waals surface area contributed by atoms with Gasteiger partial charge in [-0.2, -0.15) is 13.2 Å². The Kier molecular flexibility index (Phi) is 3.72. The van der Waals surface area contributed by atoms with Gasteiger partial charge in [0.2, 0.25) is 0 Å². The van der Waals surface area contributed by atoms with E-state index < -0.39 is 29.7 Å². The van der Waals surface area contributed by atoms with Crippen LogP contribution in [0.2, 0.25) is 0 Å². The van der Waals surface area contributed by atoms with Crippen molar-refractivity contribution < 1.29 is 22.0 Å². The van der Waals surface area contributed by atoms with Crippen LogP contribution in [0, 0.1) is 0 Å². The number of alkyl halides is 6. The molecule has 0 spiro atoms. The van der Waals surface area contributed by atoms with Crippen LogP contribution in [0.4, 0.5) is 27.8 Å². The third kappa shape index (κ3) is 2.60. The van der Waals surface area contributed by atoms with Crippen LogP contribution < -0.4 is 5.73 Å². The van der Waals surface area contributed by atoms with Gasteiger partial charge >= 0.3 is 6.18 Å². The summed E-state index contributed by atoms with van der Waals surface area (Å²) < 4.78 is 61.9. The summed E-state index contributed by atoms with van der Waals surface area (Å²) in [5.74, 6) is -0.792. The van der Waals surface area contributed by atoms with E-state index in [1.54, 1.807) is 0 Å². The van der Waals surface area contributed by atoms with Crippen LogP contribution in [0.15, 0.2) is 6.07 Å². The minimum Gasteiger partial charge on any atom is -0.383 e. The molecule has 0 bridgehead atoms. The quantitative estimate of drug-likeness (QED) is 0.671. The zero-order valence-electron chi connectivity index (χ0n) is 7.65. The average molecular weight is 305 g/mol. The summed E-state index contributed by atoms with van der Waals surface area (Å²) in [4.78, 5) is 2.93. The number of pyridine rings is 1. The van der Waals surface area contributed by atoms with Crippen LogP contribution >= 0.6 is 15.9 Å². The van der Waals surface area contributed by atoms with Crippen molar-refractivity contribution in [1.82, 2.24) is 4.98 Å². The number of nitrogens with zero attached hydrogens (tertiary/aromatic N) is 1. The first-order valence-corrected chi connectivity index (χ1v) is 5.10. The van der Waals surface area contributed by atoms with E-state index in [9.17, 15) is 22.0 Å². The van der Waals surface area contributed by atoms with Gasteiger partial charge in [0.1, 0.15) is 11.5 Å². The zero-order valence-corrected chi connectivity index (χ0v) is 9.24. The maximum Gasteiger partial charge on any atom is 0.433 e. The fourth-order valence-corrected chi connectivity index (χ4v) is 1.60. The van der Waals surface area contributed by atoms with Gasteiger partial charge in [-0.1, -0.05) is 15.9 Å². The summed E-state index contributed by atoms with van der Waals surface area (Å²) in [7, 11) is 0. The molecule has 0 aliphatic heterocycles. The highest BCUT2D eigenvalue weighted by molar-refractivity contribution is 9.08. The Balaban J connectivity index is 3.38. The number of halogens is 6. The maximum atomic E-state index is 12.5. The largest absolute Gasteiger partial charge is 0.433 e. The molecule has 0 unspecified atom stereocenters. The number of aromatic nitrogens is 1. The first kappa shape index (κ1) is 13.1. The van der Waals surface area contributed by atoms with Gasteiger partial charge in [0, 0.05) is 5.33 Å². The van der Waals surface area contributed by atoms with Crippen molar-refractivity contribution in [3.63, 3.8) is 0 Å². The Labute approximate surface area is 95.8 Å². The second kappa shape index (κ2) is 4.52. The molecule has 0 amide bonds. The minimum atomic E-state index is -4.70. The molecule has 1 rings (SSSR count). The van der Waals surface area contributed by atoms with E-state index in [2.05, 4.69) is 20.9 Å². The maximum absolute atomic E-state index is 12.5. The number of rotatable bonds is 2. The number of anilines is 1. The normalized spacial score (nSPS) is 12.2. The van der Waals surface area contributed by atoms with Crippen LogP contribution in [0.25, 0.3) is 0 Å². The fraction of sp³-hybridized carbons (Fsp3) is 0.375. The third-order valence-corrected chi connectivity index (χ3v) is 2.43. The number of nitrogen functional groups attached to an aromatic ring is 1. The average Bonchev–Trinajstić information content (AvgIpc) is 2.14. The molecule has 0 aliphatic rings. The Morgan fingerprint density at radius 3 is 2.31 bits per heavy atom. The summed E-state index contributed by atoms with van der Waals surface area (Å²) in [6, 6.07) is 0.562. The first-order valence-electron chi connectivity index (χ1n) is 3.98. The van der Waals surface area contributed by atoms with Crippen molar-refractivity contribution in [2.45, 2.75) is 17.9 Å². The lowest BCUT2D eigenvalue weighted by Gasteiger charge is -2.13. The lowest BCUT2D eigenvalue weighted by Crippen LogP contribution is -2.13. The van der Waals surface area contributed by atoms with Crippen molar-refractivity contribution in [2.75, 3.05) is 5.73 Å². The van der Waals surface area contributed by atoms with Crippen LogP contribution in [-0.2, 0) is 11.5 Å². The highest BCUT2D eigenvalue weighted by atomic mass is 79.9. The molecular weight excluding hydrogens is 299 g/mol. The Bertz CT molecular complexity index is 391. The standard InChI is InChI=1S/C8H6BrF5N2/c9-2-3-1-4(8(12,13)14)16-7(15)5(3)6(10)11/h1,6H,2H2,(H2,15,16). The van der Waals surface area contributed by atoms with Gasteiger partial charge in [-0.05, 0) is 11.6 Å². The van der Waals surface area contributed by atoms with E-state index in [0.29, 0.717) is 6.07 Å². The predicted molar refractivity (Wildman–Crippen MR) is 51.2 cm³/mol. The Morgan fingerprint density at radius 1 is 1.38 bits per heavy atom. The number of nitrogens with two attached hydrogens (primary N) is 1. The molecule has 16 heavy (non-hydrogen) atoms. The summed E-state index contributed by atoms with van der Waals surface area (Å²) in [5, 5.41) is -0.150. The molecule has 0 atom stereocenters. The molecule has 0 aliphatic carbocycles. The highest BCUT2D eigenvalue weighted by Crippen LogP contribution is 2.34. The smallest absolute Gasteiger partial charge is 0.383 e. The summed E-state index contributed by atoms with van der Waals surface area (Å²) in [5.41, 5.74) is 2.93. The topological polar surface area (TPSA) is 38.9 Å². The predicted octanol–water partition coefficient (Wildman–Crippen LogP) is 3.52. The zero-order chi connectivity index (χ0) is 12.5. The van der Waals surface area contributed by atoms with Crippen LogP contribution in [0.1, 0.15) is 23.2 Å². The summed E-state index contributed by atoms with van der Waals surface area (Å²) in [6.45, 7) is 0. The van der Waals surface area contributed by atoms with Crippen molar-refractivity contribution in [3.8, 4) is 0 Å². The van der Waals surface area contributed by atoms with Crippen molar-refractivity contribution in [2.24, 2.45) is 0 Å². The van der Waals surface area contributed by atoms with Gasteiger partial charge < -0.3 is 5.73 Å². The fourth-order valence-electron chi connectivity index (χ4n) is 1.14. The van der Waals surface area contributed by atoms with E-state index in [4.69, 9.17) is 5.73 Å². The second-order valence-corrected chi connectivity index (χ2v) is 3.46. The summed E-state index contributed by atoms with van der Waals surface area (Å²) in [6.07, 6.45) is -7.66. The molecule has 2 nitrogen and oxygen atoms in total. The lowest BCUT2D eigenvalue weighted by atomic mass is 10.1.